The summed E-state index contributed by atoms with van der Waals surface area (Å²) < 4.78 is 23.3. The molecule has 6 nitrogen and oxygen atoms in total. The van der Waals surface area contributed by atoms with E-state index in [4.69, 9.17) is 9.05 Å². The molecule has 7 heteroatoms. The fourth-order valence-corrected chi connectivity index (χ4v) is 4.11. The number of nitro groups is 1. The molecule has 118 valence electrons. The lowest BCUT2D eigenvalue weighted by Gasteiger charge is -2.18. The molecule has 0 aliphatic carbocycles. The lowest BCUT2D eigenvalue weighted by atomic mass is 10.0. The van der Waals surface area contributed by atoms with Gasteiger partial charge in [0.25, 0.3) is 5.69 Å². The van der Waals surface area contributed by atoms with Gasteiger partial charge in [0.2, 0.25) is 0 Å². The van der Waals surface area contributed by atoms with Crippen LogP contribution in [0, 0.1) is 10.1 Å². The highest BCUT2D eigenvalue weighted by atomic mass is 31.2. The zero-order chi connectivity index (χ0) is 16.2. The monoisotopic (exact) mass is 323 g/mol. The van der Waals surface area contributed by atoms with Crippen LogP contribution in [0.3, 0.4) is 0 Å². The summed E-state index contributed by atoms with van der Waals surface area (Å²) in [7, 11) is -3.25. The number of hydrogen-bond acceptors (Lipinski definition) is 5. The molecule has 0 saturated heterocycles. The highest BCUT2D eigenvalue weighted by Crippen LogP contribution is 2.52. The van der Waals surface area contributed by atoms with Gasteiger partial charge in [-0.2, -0.15) is 0 Å². The molecule has 2 aromatic rings. The average Bonchev–Trinajstić information content (AvgIpc) is 2.47. The molecule has 0 spiro atoms. The molecule has 0 amide bonds. The summed E-state index contributed by atoms with van der Waals surface area (Å²) in [6, 6.07) is 10.0. The third-order valence-electron chi connectivity index (χ3n) is 3.20. The summed E-state index contributed by atoms with van der Waals surface area (Å²) in [6.07, 6.45) is 0.0905. The molecule has 0 aliphatic heterocycles. The van der Waals surface area contributed by atoms with Crippen molar-refractivity contribution in [2.24, 2.45) is 0 Å². The van der Waals surface area contributed by atoms with E-state index >= 15 is 0 Å². The van der Waals surface area contributed by atoms with Crippen LogP contribution in [0.2, 0.25) is 0 Å². The van der Waals surface area contributed by atoms with E-state index in [1.165, 1.54) is 6.07 Å². The van der Waals surface area contributed by atoms with Gasteiger partial charge in [0.15, 0.2) is 0 Å². The van der Waals surface area contributed by atoms with Gasteiger partial charge in [0.1, 0.15) is 0 Å². The van der Waals surface area contributed by atoms with Crippen LogP contribution < -0.4 is 0 Å². The summed E-state index contributed by atoms with van der Waals surface area (Å²) in [4.78, 5) is 10.7. The van der Waals surface area contributed by atoms with E-state index in [2.05, 4.69) is 0 Å². The largest absolute Gasteiger partial charge is 0.335 e. The number of nitro benzene ring substituents is 1. The number of hydrogen-bond donors (Lipinski definition) is 0. The molecule has 0 unspecified atom stereocenters. The fourth-order valence-electron chi connectivity index (χ4n) is 2.37. The molecule has 0 N–H and O–H groups in total. The average molecular weight is 323 g/mol. The van der Waals surface area contributed by atoms with E-state index in [1.807, 2.05) is 0 Å². The van der Waals surface area contributed by atoms with Crippen LogP contribution in [-0.2, 0) is 19.8 Å². The van der Waals surface area contributed by atoms with E-state index in [0.717, 1.165) is 0 Å². The van der Waals surface area contributed by atoms with E-state index in [9.17, 15) is 14.7 Å². The molecule has 2 aromatic carbocycles. The minimum atomic E-state index is -3.25. The summed E-state index contributed by atoms with van der Waals surface area (Å²) >= 11 is 0. The number of rotatable bonds is 7. The van der Waals surface area contributed by atoms with Gasteiger partial charge in [-0.15, -0.1) is 0 Å². The Morgan fingerprint density at radius 3 is 2.18 bits per heavy atom. The second-order valence-corrected chi connectivity index (χ2v) is 6.71. The first kappa shape index (κ1) is 16.6. The maximum Gasteiger partial charge on any atom is 0.335 e. The number of benzene rings is 2. The molecule has 0 aromatic heterocycles. The lowest BCUT2D eigenvalue weighted by Crippen LogP contribution is -2.00. The van der Waals surface area contributed by atoms with Gasteiger partial charge in [-0.05, 0) is 30.9 Å². The van der Waals surface area contributed by atoms with Crippen molar-refractivity contribution in [3.05, 3.63) is 52.1 Å². The zero-order valence-corrected chi connectivity index (χ0v) is 13.4. The quantitative estimate of drug-likeness (QED) is 0.425. The lowest BCUT2D eigenvalue weighted by molar-refractivity contribution is -0.383. The highest BCUT2D eigenvalue weighted by molar-refractivity contribution is 7.53. The summed E-state index contributed by atoms with van der Waals surface area (Å²) in [5, 5.41) is 12.3. The van der Waals surface area contributed by atoms with Gasteiger partial charge < -0.3 is 9.05 Å². The van der Waals surface area contributed by atoms with Crippen molar-refractivity contribution < 1.29 is 18.5 Å². The van der Waals surface area contributed by atoms with E-state index in [-0.39, 0.29) is 25.1 Å². The summed E-state index contributed by atoms with van der Waals surface area (Å²) in [5.41, 5.74) is 0.744. The van der Waals surface area contributed by atoms with Gasteiger partial charge in [0, 0.05) is 6.07 Å². The van der Waals surface area contributed by atoms with Crippen molar-refractivity contribution >= 4 is 24.1 Å². The summed E-state index contributed by atoms with van der Waals surface area (Å²) in [5.74, 6) is 0. The Balaban J connectivity index is 2.50. The van der Waals surface area contributed by atoms with Crippen LogP contribution in [0.25, 0.3) is 10.8 Å². The fraction of sp³-hybridized carbons (Fsp3) is 0.333. The van der Waals surface area contributed by atoms with E-state index in [0.29, 0.717) is 16.3 Å². The maximum absolute atomic E-state index is 12.7. The molecule has 2 rings (SSSR count). The molecular weight excluding hydrogens is 305 g/mol. The Morgan fingerprint density at radius 2 is 1.64 bits per heavy atom. The van der Waals surface area contributed by atoms with Crippen molar-refractivity contribution in [3.63, 3.8) is 0 Å². The van der Waals surface area contributed by atoms with Gasteiger partial charge in [-0.25, -0.2) is 0 Å². The van der Waals surface area contributed by atoms with Crippen LogP contribution in [-0.4, -0.2) is 18.1 Å². The standard InChI is InChI=1S/C15H18NO5P/c1-3-20-22(19,21-4-2)11-12-9-10-15(16(17)18)14-8-6-5-7-13(12)14/h5-10H,3-4,11H2,1-2H3. The van der Waals surface area contributed by atoms with Crippen molar-refractivity contribution in [2.45, 2.75) is 20.0 Å². The van der Waals surface area contributed by atoms with Crippen molar-refractivity contribution in [1.29, 1.82) is 0 Å². The van der Waals surface area contributed by atoms with Crippen molar-refractivity contribution in [1.82, 2.24) is 0 Å². The Labute approximate surface area is 128 Å². The molecule has 0 bridgehead atoms. The Hall–Kier alpha value is -1.75. The maximum atomic E-state index is 12.7. The second kappa shape index (κ2) is 7.01. The van der Waals surface area contributed by atoms with Crippen LogP contribution in [0.5, 0.6) is 0 Å². The van der Waals surface area contributed by atoms with Crippen molar-refractivity contribution in [3.8, 4) is 0 Å². The third-order valence-corrected chi connectivity index (χ3v) is 5.23. The molecule has 0 saturated carbocycles. The minimum absolute atomic E-state index is 0.0296. The van der Waals surface area contributed by atoms with Crippen LogP contribution in [0.15, 0.2) is 36.4 Å². The first-order valence-electron chi connectivity index (χ1n) is 7.04. The topological polar surface area (TPSA) is 78.7 Å². The predicted molar refractivity (Wildman–Crippen MR) is 85.2 cm³/mol. The Morgan fingerprint density at radius 1 is 1.05 bits per heavy atom. The normalized spacial score (nSPS) is 11.7. The number of fused-ring (bicyclic) bond motifs is 1. The van der Waals surface area contributed by atoms with Crippen LogP contribution in [0.4, 0.5) is 5.69 Å². The molecule has 22 heavy (non-hydrogen) atoms. The molecule has 0 heterocycles. The van der Waals surface area contributed by atoms with Crippen LogP contribution >= 0.6 is 7.60 Å². The molecule has 0 aliphatic rings. The second-order valence-electron chi connectivity index (χ2n) is 4.65. The number of nitrogens with zero attached hydrogens (tertiary/aromatic N) is 1. The van der Waals surface area contributed by atoms with E-state index < -0.39 is 12.5 Å². The third kappa shape index (κ3) is 3.53. The van der Waals surface area contributed by atoms with Gasteiger partial charge in [0.05, 0.1) is 29.7 Å². The zero-order valence-electron chi connectivity index (χ0n) is 12.5. The van der Waals surface area contributed by atoms with Crippen molar-refractivity contribution in [2.75, 3.05) is 13.2 Å². The van der Waals surface area contributed by atoms with Gasteiger partial charge in [-0.1, -0.05) is 24.3 Å². The van der Waals surface area contributed by atoms with Gasteiger partial charge in [-0.3, -0.25) is 14.7 Å². The predicted octanol–water partition coefficient (Wildman–Crippen LogP) is 4.51. The van der Waals surface area contributed by atoms with Crippen LogP contribution in [0.1, 0.15) is 19.4 Å². The van der Waals surface area contributed by atoms with Gasteiger partial charge >= 0.3 is 7.60 Å². The summed E-state index contributed by atoms with van der Waals surface area (Å²) in [6.45, 7) is 4.06. The smallest absolute Gasteiger partial charge is 0.309 e. The molecule has 0 atom stereocenters. The Kier molecular flexibility index (Phi) is 5.29. The first-order valence-corrected chi connectivity index (χ1v) is 8.76. The Bertz CT molecular complexity index is 721. The van der Waals surface area contributed by atoms with E-state index in [1.54, 1.807) is 44.2 Å². The number of non-ortho nitro benzene ring substituents is 1. The minimum Gasteiger partial charge on any atom is -0.309 e. The molecule has 0 fully saturated rings. The molecular formula is C15H18NO5P. The highest BCUT2D eigenvalue weighted by Gasteiger charge is 2.26. The molecule has 0 radical (unpaired) electrons. The SMILES string of the molecule is CCOP(=O)(Cc1ccc([N+](=O)[O-])c2ccccc12)OCC. The first-order chi connectivity index (χ1) is 10.5.